The number of benzene rings is 8. The SMILES string of the molecule is c1ccc(-c2nc3c(-c4nc(-c5ccc6ccccc6c5)nc(-c5ccc6c(c5)oc5ccccc56)n4)cc4ccc5sc6ccccc6c5c4c3o2)cc1. The molecule has 0 fully saturated rings. The second-order valence-electron chi connectivity index (χ2n) is 13.8. The monoisotopic (exact) mass is 722 g/mol. The van der Waals surface area contributed by atoms with Crippen LogP contribution in [0.15, 0.2) is 167 Å². The fourth-order valence-corrected chi connectivity index (χ4v) is 9.03. The predicted octanol–water partition coefficient (Wildman–Crippen LogP) is 13.3. The van der Waals surface area contributed by atoms with Gasteiger partial charge in [-0.15, -0.1) is 11.3 Å². The van der Waals surface area contributed by atoms with Gasteiger partial charge in [0.25, 0.3) is 0 Å². The summed E-state index contributed by atoms with van der Waals surface area (Å²) in [6.45, 7) is 0. The maximum Gasteiger partial charge on any atom is 0.227 e. The van der Waals surface area contributed by atoms with E-state index in [2.05, 4.69) is 97.1 Å². The predicted molar refractivity (Wildman–Crippen MR) is 224 cm³/mol. The average Bonchev–Trinajstić information content (AvgIpc) is 3.97. The van der Waals surface area contributed by atoms with Gasteiger partial charge in [-0.05, 0) is 70.8 Å². The lowest BCUT2D eigenvalue weighted by atomic mass is 9.99. The van der Waals surface area contributed by atoms with Gasteiger partial charge in [0, 0.05) is 58.6 Å². The number of thiophene rings is 1. The summed E-state index contributed by atoms with van der Waals surface area (Å²) in [5.41, 5.74) is 6.40. The first-order chi connectivity index (χ1) is 27.2. The Kier molecular flexibility index (Phi) is 6.40. The lowest BCUT2D eigenvalue weighted by Crippen LogP contribution is -2.01. The van der Waals surface area contributed by atoms with Crippen LogP contribution in [0.3, 0.4) is 0 Å². The summed E-state index contributed by atoms with van der Waals surface area (Å²) in [6.07, 6.45) is 0. The lowest BCUT2D eigenvalue weighted by molar-refractivity contribution is 0.623. The number of nitrogens with zero attached hydrogens (tertiary/aromatic N) is 4. The Morgan fingerprint density at radius 2 is 1.09 bits per heavy atom. The van der Waals surface area contributed by atoms with Crippen LogP contribution in [-0.2, 0) is 0 Å². The van der Waals surface area contributed by atoms with Crippen LogP contribution >= 0.6 is 11.3 Å². The molecule has 0 N–H and O–H groups in total. The fraction of sp³-hybridized carbons (Fsp3) is 0. The van der Waals surface area contributed by atoms with Gasteiger partial charge in [0.05, 0.1) is 0 Å². The van der Waals surface area contributed by atoms with Crippen LogP contribution in [0.1, 0.15) is 0 Å². The van der Waals surface area contributed by atoms with Crippen LogP contribution in [0.2, 0.25) is 0 Å². The van der Waals surface area contributed by atoms with Crippen molar-refractivity contribution in [2.75, 3.05) is 0 Å². The van der Waals surface area contributed by atoms with E-state index < -0.39 is 0 Å². The minimum atomic E-state index is 0.507. The van der Waals surface area contributed by atoms with E-state index in [0.717, 1.165) is 71.1 Å². The van der Waals surface area contributed by atoms with E-state index in [0.29, 0.717) is 34.5 Å². The second-order valence-corrected chi connectivity index (χ2v) is 14.9. The van der Waals surface area contributed by atoms with Crippen molar-refractivity contribution in [3.63, 3.8) is 0 Å². The standard InChI is InChI=1S/C48H26N4O2S/c1-2-11-28(12-3-1)48-49-43-36(25-30-21-23-40-42(41(30)44(43)54-48)35-15-7-9-17-39(35)55-40)47-51-45(31-19-18-27-10-4-5-13-29(27)24-31)50-46(52-47)32-20-22-34-33-14-6-8-16-37(33)53-38(34)26-32/h1-26H. The van der Waals surface area contributed by atoms with E-state index in [1.54, 1.807) is 11.3 Å². The molecule has 55 heavy (non-hydrogen) atoms. The number of para-hydroxylation sites is 1. The highest BCUT2D eigenvalue weighted by Gasteiger charge is 2.23. The van der Waals surface area contributed by atoms with E-state index in [1.807, 2.05) is 60.7 Å². The quantitative estimate of drug-likeness (QED) is 0.180. The van der Waals surface area contributed by atoms with Crippen LogP contribution in [0.25, 0.3) is 120 Å². The third-order valence-corrected chi connectivity index (χ3v) is 11.7. The topological polar surface area (TPSA) is 77.8 Å². The van der Waals surface area contributed by atoms with Crippen molar-refractivity contribution in [3.05, 3.63) is 158 Å². The van der Waals surface area contributed by atoms with Crippen LogP contribution in [0.4, 0.5) is 0 Å². The fourth-order valence-electron chi connectivity index (χ4n) is 7.92. The molecule has 256 valence electrons. The molecule has 0 bridgehead atoms. The van der Waals surface area contributed by atoms with E-state index in [-0.39, 0.29) is 0 Å². The maximum absolute atomic E-state index is 6.82. The van der Waals surface area contributed by atoms with Gasteiger partial charge >= 0.3 is 0 Å². The highest BCUT2D eigenvalue weighted by atomic mass is 32.1. The Bertz CT molecular complexity index is 3510. The molecule has 0 saturated heterocycles. The molecule has 6 nitrogen and oxygen atoms in total. The third-order valence-electron chi connectivity index (χ3n) is 10.5. The van der Waals surface area contributed by atoms with Gasteiger partial charge in [-0.2, -0.15) is 0 Å². The zero-order valence-corrected chi connectivity index (χ0v) is 29.8. The van der Waals surface area contributed by atoms with Gasteiger partial charge < -0.3 is 8.83 Å². The van der Waals surface area contributed by atoms with Crippen LogP contribution in [-0.4, -0.2) is 19.9 Å². The number of rotatable bonds is 4. The summed E-state index contributed by atoms with van der Waals surface area (Å²) in [6, 6.07) is 54.0. The first-order valence-electron chi connectivity index (χ1n) is 18.1. The molecule has 0 radical (unpaired) electrons. The molecule has 12 rings (SSSR count). The third kappa shape index (κ3) is 4.73. The van der Waals surface area contributed by atoms with Crippen LogP contribution in [0, 0.1) is 0 Å². The van der Waals surface area contributed by atoms with Crippen molar-refractivity contribution in [2.45, 2.75) is 0 Å². The van der Waals surface area contributed by atoms with Crippen molar-refractivity contribution in [1.82, 2.24) is 19.9 Å². The summed E-state index contributed by atoms with van der Waals surface area (Å²) < 4.78 is 15.6. The summed E-state index contributed by atoms with van der Waals surface area (Å²) in [7, 11) is 0. The highest BCUT2D eigenvalue weighted by Crippen LogP contribution is 2.45. The number of hydrogen-bond donors (Lipinski definition) is 0. The molecular formula is C48H26N4O2S. The van der Waals surface area contributed by atoms with Gasteiger partial charge in [0.2, 0.25) is 5.89 Å². The summed E-state index contributed by atoms with van der Waals surface area (Å²) in [4.78, 5) is 20.8. The number of fused-ring (bicyclic) bond motifs is 11. The maximum atomic E-state index is 6.82. The molecule has 0 atom stereocenters. The van der Waals surface area contributed by atoms with E-state index in [1.165, 1.54) is 14.8 Å². The van der Waals surface area contributed by atoms with Crippen molar-refractivity contribution >= 4 is 86.1 Å². The average molecular weight is 723 g/mol. The van der Waals surface area contributed by atoms with Crippen molar-refractivity contribution in [3.8, 4) is 45.6 Å². The van der Waals surface area contributed by atoms with Crippen LogP contribution < -0.4 is 0 Å². The van der Waals surface area contributed by atoms with Crippen molar-refractivity contribution in [2.24, 2.45) is 0 Å². The molecule has 7 heteroatoms. The first-order valence-corrected chi connectivity index (χ1v) is 18.9. The first kappa shape index (κ1) is 30.3. The Balaban J connectivity index is 1.15. The Hall–Kier alpha value is -7.22. The van der Waals surface area contributed by atoms with Crippen LogP contribution in [0.5, 0.6) is 0 Å². The molecule has 4 aromatic heterocycles. The largest absolute Gasteiger partial charge is 0.456 e. The molecule has 0 aliphatic rings. The molecule has 12 aromatic rings. The zero-order chi connectivity index (χ0) is 36.0. The zero-order valence-electron chi connectivity index (χ0n) is 29.0. The number of aromatic nitrogens is 4. The molecule has 0 amide bonds. The van der Waals surface area contributed by atoms with Gasteiger partial charge in [-0.1, -0.05) is 103 Å². The smallest absolute Gasteiger partial charge is 0.227 e. The van der Waals surface area contributed by atoms with Gasteiger partial charge in [0.15, 0.2) is 23.1 Å². The number of oxazole rings is 1. The molecule has 0 saturated carbocycles. The van der Waals surface area contributed by atoms with Crippen molar-refractivity contribution in [1.29, 1.82) is 0 Å². The molecule has 0 aliphatic heterocycles. The summed E-state index contributed by atoms with van der Waals surface area (Å²) in [5.74, 6) is 2.15. The minimum Gasteiger partial charge on any atom is -0.456 e. The normalized spacial score (nSPS) is 12.0. The summed E-state index contributed by atoms with van der Waals surface area (Å²) in [5, 5.41) is 8.79. The molecule has 8 aromatic carbocycles. The second kappa shape index (κ2) is 11.6. The van der Waals surface area contributed by atoms with Gasteiger partial charge in [0.1, 0.15) is 16.7 Å². The Morgan fingerprint density at radius 3 is 1.98 bits per heavy atom. The molecule has 0 spiro atoms. The Morgan fingerprint density at radius 1 is 0.400 bits per heavy atom. The molecule has 0 aliphatic carbocycles. The number of hydrogen-bond acceptors (Lipinski definition) is 7. The Labute approximate surface area is 317 Å². The number of furan rings is 1. The van der Waals surface area contributed by atoms with E-state index in [4.69, 9.17) is 28.8 Å². The van der Waals surface area contributed by atoms with E-state index >= 15 is 0 Å². The van der Waals surface area contributed by atoms with Gasteiger partial charge in [-0.25, -0.2) is 19.9 Å². The van der Waals surface area contributed by atoms with Crippen molar-refractivity contribution < 1.29 is 8.83 Å². The lowest BCUT2D eigenvalue weighted by Gasteiger charge is -2.11. The molecular weight excluding hydrogens is 697 g/mol. The molecule has 0 unspecified atom stereocenters. The minimum absolute atomic E-state index is 0.507. The molecule has 4 heterocycles. The summed E-state index contributed by atoms with van der Waals surface area (Å²) >= 11 is 1.79. The van der Waals surface area contributed by atoms with Gasteiger partial charge in [-0.3, -0.25) is 0 Å². The highest BCUT2D eigenvalue weighted by molar-refractivity contribution is 7.26. The van der Waals surface area contributed by atoms with E-state index in [9.17, 15) is 0 Å².